The number of amides is 1. The van der Waals surface area contributed by atoms with E-state index in [2.05, 4.69) is 48.3 Å². The van der Waals surface area contributed by atoms with E-state index in [9.17, 15) is 4.79 Å². The largest absolute Gasteiger partial charge is 0.373 e. The summed E-state index contributed by atoms with van der Waals surface area (Å²) < 4.78 is 5.79. The zero-order valence-corrected chi connectivity index (χ0v) is 15.7. The van der Waals surface area contributed by atoms with E-state index in [1.807, 2.05) is 6.92 Å². The van der Waals surface area contributed by atoms with Gasteiger partial charge >= 0.3 is 0 Å². The first-order chi connectivity index (χ1) is 10.9. The summed E-state index contributed by atoms with van der Waals surface area (Å²) in [6.07, 6.45) is 1.13. The summed E-state index contributed by atoms with van der Waals surface area (Å²) >= 11 is 1.65. The highest BCUT2D eigenvalue weighted by Gasteiger charge is 2.33. The van der Waals surface area contributed by atoms with Crippen LogP contribution in [0.2, 0.25) is 0 Å². The standard InChI is InChI=1S/C17H29N3O2S/c1-11(2)16(20-8-12(3)22-13(4)9-20)17(21)18-7-6-15-10-23-14(5)19-15/h10-13,16H,6-9H2,1-5H3,(H,18,21)/t12-,13-,16-/m0/s1. The van der Waals surface area contributed by atoms with E-state index in [0.717, 1.165) is 30.2 Å². The maximum Gasteiger partial charge on any atom is 0.237 e. The van der Waals surface area contributed by atoms with Gasteiger partial charge in [0.05, 0.1) is 29.0 Å². The number of aromatic nitrogens is 1. The van der Waals surface area contributed by atoms with Crippen LogP contribution in [-0.4, -0.2) is 53.7 Å². The quantitative estimate of drug-likeness (QED) is 0.864. The van der Waals surface area contributed by atoms with Gasteiger partial charge in [-0.05, 0) is 26.7 Å². The second-order valence-electron chi connectivity index (χ2n) is 6.80. The normalized spacial score (nSPS) is 23.9. The minimum absolute atomic E-state index is 0.0963. The van der Waals surface area contributed by atoms with Crippen LogP contribution in [0.3, 0.4) is 0 Å². The van der Waals surface area contributed by atoms with Gasteiger partial charge in [0.25, 0.3) is 0 Å². The molecule has 0 saturated carbocycles. The third kappa shape index (κ3) is 5.26. The summed E-state index contributed by atoms with van der Waals surface area (Å²) in [6, 6.07) is -0.0963. The maximum absolute atomic E-state index is 12.7. The predicted molar refractivity (Wildman–Crippen MR) is 93.8 cm³/mol. The van der Waals surface area contributed by atoms with Crippen LogP contribution in [0, 0.1) is 12.8 Å². The Morgan fingerprint density at radius 2 is 2.09 bits per heavy atom. The van der Waals surface area contributed by atoms with Crippen molar-refractivity contribution in [2.24, 2.45) is 5.92 Å². The first-order valence-electron chi connectivity index (χ1n) is 8.45. The Hall–Kier alpha value is -0.980. The zero-order valence-electron chi connectivity index (χ0n) is 14.8. The van der Waals surface area contributed by atoms with Gasteiger partial charge in [-0.2, -0.15) is 0 Å². The number of nitrogens with zero attached hydrogens (tertiary/aromatic N) is 2. The fourth-order valence-corrected chi connectivity index (χ4v) is 3.92. The highest BCUT2D eigenvalue weighted by atomic mass is 32.1. The van der Waals surface area contributed by atoms with Crippen molar-refractivity contribution in [2.45, 2.75) is 59.3 Å². The molecule has 1 fully saturated rings. The zero-order chi connectivity index (χ0) is 17.0. The molecule has 0 aromatic carbocycles. The lowest BCUT2D eigenvalue weighted by Gasteiger charge is -2.41. The van der Waals surface area contributed by atoms with E-state index in [0.29, 0.717) is 6.54 Å². The molecule has 0 aliphatic carbocycles. The van der Waals surface area contributed by atoms with Crippen LogP contribution in [0.4, 0.5) is 0 Å². The van der Waals surface area contributed by atoms with Gasteiger partial charge in [-0.3, -0.25) is 9.69 Å². The van der Waals surface area contributed by atoms with E-state index >= 15 is 0 Å². The van der Waals surface area contributed by atoms with Crippen molar-refractivity contribution in [2.75, 3.05) is 19.6 Å². The maximum atomic E-state index is 12.7. The molecule has 3 atom stereocenters. The Labute approximate surface area is 143 Å². The number of thiazole rings is 1. The number of carbonyl (C=O) groups excluding carboxylic acids is 1. The van der Waals surface area contributed by atoms with Gasteiger partial charge in [0.15, 0.2) is 0 Å². The van der Waals surface area contributed by atoms with Crippen molar-refractivity contribution in [1.82, 2.24) is 15.2 Å². The van der Waals surface area contributed by atoms with Gasteiger partial charge in [0.2, 0.25) is 5.91 Å². The summed E-state index contributed by atoms with van der Waals surface area (Å²) in [4.78, 5) is 19.4. The minimum Gasteiger partial charge on any atom is -0.373 e. The Balaban J connectivity index is 1.90. The second kappa shape index (κ2) is 8.22. The summed E-state index contributed by atoms with van der Waals surface area (Å²) in [6.45, 7) is 12.6. The lowest BCUT2D eigenvalue weighted by Crippen LogP contribution is -2.57. The molecule has 0 radical (unpaired) electrons. The fraction of sp³-hybridized carbons (Fsp3) is 0.765. The predicted octanol–water partition coefficient (Wildman–Crippen LogP) is 2.24. The van der Waals surface area contributed by atoms with Crippen LogP contribution in [0.25, 0.3) is 0 Å². The summed E-state index contributed by atoms with van der Waals surface area (Å²) in [5.41, 5.74) is 1.06. The first-order valence-corrected chi connectivity index (χ1v) is 9.33. The van der Waals surface area contributed by atoms with Crippen molar-refractivity contribution >= 4 is 17.2 Å². The Morgan fingerprint density at radius 3 is 2.61 bits per heavy atom. The molecule has 0 spiro atoms. The highest BCUT2D eigenvalue weighted by Crippen LogP contribution is 2.18. The number of ether oxygens (including phenoxy) is 1. The van der Waals surface area contributed by atoms with Crippen molar-refractivity contribution in [1.29, 1.82) is 0 Å². The van der Waals surface area contributed by atoms with Crippen LogP contribution in [-0.2, 0) is 16.0 Å². The van der Waals surface area contributed by atoms with E-state index in [4.69, 9.17) is 4.74 Å². The smallest absolute Gasteiger partial charge is 0.237 e. The van der Waals surface area contributed by atoms with Crippen molar-refractivity contribution in [3.05, 3.63) is 16.1 Å². The molecule has 1 N–H and O–H groups in total. The Kier molecular flexibility index (Phi) is 6.56. The molecule has 5 nitrogen and oxygen atoms in total. The van der Waals surface area contributed by atoms with Gasteiger partial charge in [0.1, 0.15) is 0 Å². The third-order valence-corrected chi connectivity index (χ3v) is 4.91. The van der Waals surface area contributed by atoms with E-state index < -0.39 is 0 Å². The van der Waals surface area contributed by atoms with E-state index in [1.54, 1.807) is 11.3 Å². The van der Waals surface area contributed by atoms with Crippen molar-refractivity contribution < 1.29 is 9.53 Å². The number of aryl methyl sites for hydroxylation is 1. The minimum atomic E-state index is -0.0963. The summed E-state index contributed by atoms with van der Waals surface area (Å²) in [7, 11) is 0. The van der Waals surface area contributed by atoms with Gasteiger partial charge in [0, 0.05) is 31.4 Å². The number of hydrogen-bond donors (Lipinski definition) is 1. The fourth-order valence-electron chi connectivity index (χ4n) is 3.28. The van der Waals surface area contributed by atoms with Crippen LogP contribution >= 0.6 is 11.3 Å². The van der Waals surface area contributed by atoms with Crippen LogP contribution in [0.5, 0.6) is 0 Å². The third-order valence-electron chi connectivity index (χ3n) is 4.09. The highest BCUT2D eigenvalue weighted by molar-refractivity contribution is 7.09. The Morgan fingerprint density at radius 1 is 1.43 bits per heavy atom. The molecule has 1 aromatic heterocycles. The van der Waals surface area contributed by atoms with Gasteiger partial charge < -0.3 is 10.1 Å². The topological polar surface area (TPSA) is 54.5 Å². The van der Waals surface area contributed by atoms with Crippen LogP contribution < -0.4 is 5.32 Å². The number of rotatable bonds is 6. The second-order valence-corrected chi connectivity index (χ2v) is 7.86. The monoisotopic (exact) mass is 339 g/mol. The molecule has 2 rings (SSSR count). The lowest BCUT2D eigenvalue weighted by atomic mass is 9.99. The molecule has 23 heavy (non-hydrogen) atoms. The molecule has 1 amide bonds. The Bertz CT molecular complexity index is 508. The average Bonchev–Trinajstić information content (AvgIpc) is 2.83. The molecule has 0 unspecified atom stereocenters. The molecule has 0 bridgehead atoms. The van der Waals surface area contributed by atoms with Crippen molar-refractivity contribution in [3.8, 4) is 0 Å². The number of morpholine rings is 1. The summed E-state index contributed by atoms with van der Waals surface area (Å²) in [5, 5.41) is 6.23. The van der Waals surface area contributed by atoms with Gasteiger partial charge in [-0.25, -0.2) is 4.98 Å². The first kappa shape index (κ1) is 18.4. The molecule has 1 aromatic rings. The molecule has 6 heteroatoms. The molecular weight excluding hydrogens is 310 g/mol. The van der Waals surface area contributed by atoms with Crippen LogP contribution in [0.1, 0.15) is 38.4 Å². The van der Waals surface area contributed by atoms with Gasteiger partial charge in [-0.1, -0.05) is 13.8 Å². The average molecular weight is 340 g/mol. The number of carbonyl (C=O) groups is 1. The number of nitrogens with one attached hydrogen (secondary N) is 1. The molecular formula is C17H29N3O2S. The van der Waals surface area contributed by atoms with Gasteiger partial charge in [-0.15, -0.1) is 11.3 Å². The molecule has 2 heterocycles. The molecule has 1 aliphatic heterocycles. The summed E-state index contributed by atoms with van der Waals surface area (Å²) in [5.74, 6) is 0.391. The molecule has 130 valence electrons. The lowest BCUT2D eigenvalue weighted by molar-refractivity contribution is -0.135. The van der Waals surface area contributed by atoms with E-state index in [1.165, 1.54) is 0 Å². The van der Waals surface area contributed by atoms with Crippen LogP contribution in [0.15, 0.2) is 5.38 Å². The molecule has 1 aliphatic rings. The molecule has 1 saturated heterocycles. The van der Waals surface area contributed by atoms with E-state index in [-0.39, 0.29) is 30.1 Å². The number of hydrogen-bond acceptors (Lipinski definition) is 5. The van der Waals surface area contributed by atoms with Crippen molar-refractivity contribution in [3.63, 3.8) is 0 Å². The SMILES string of the molecule is Cc1nc(CCNC(=O)[C@H](C(C)C)N2C[C@H](C)O[C@@H](C)C2)cs1.